The lowest BCUT2D eigenvalue weighted by Gasteiger charge is -2.31. The molecule has 102 valence electrons. The highest BCUT2D eigenvalue weighted by atomic mass is 16.3. The first kappa shape index (κ1) is 13.6. The normalized spacial score (nSPS) is 28.5. The van der Waals surface area contributed by atoms with Gasteiger partial charge in [-0.15, -0.1) is 0 Å². The Balaban J connectivity index is 2.21. The minimum Gasteiger partial charge on any atom is -0.465 e. The number of hydrogen-bond donors (Lipinski definition) is 2. The summed E-state index contributed by atoms with van der Waals surface area (Å²) in [5, 5.41) is 10.1. The van der Waals surface area contributed by atoms with Gasteiger partial charge in [-0.25, -0.2) is 0 Å². The van der Waals surface area contributed by atoms with Gasteiger partial charge in [-0.1, -0.05) is 6.92 Å². The van der Waals surface area contributed by atoms with Crippen LogP contribution in [0.1, 0.15) is 44.3 Å². The molecule has 1 aromatic heterocycles. The summed E-state index contributed by atoms with van der Waals surface area (Å²) in [6.45, 7) is 7.44. The van der Waals surface area contributed by atoms with Crippen molar-refractivity contribution in [3.8, 4) is 0 Å². The van der Waals surface area contributed by atoms with Crippen LogP contribution in [-0.2, 0) is 0 Å². The summed E-state index contributed by atoms with van der Waals surface area (Å²) >= 11 is 0. The molecular formula is C14H24N2O2. The van der Waals surface area contributed by atoms with Gasteiger partial charge in [-0.05, 0) is 38.8 Å². The van der Waals surface area contributed by atoms with Crippen LogP contribution in [0.5, 0.6) is 0 Å². The van der Waals surface area contributed by atoms with Crippen molar-refractivity contribution in [1.29, 1.82) is 0 Å². The SMILES string of the molecule is CCC(N)C(c1ccc(C)o1)N1CCC(C)(O)C1. The molecule has 3 N–H and O–H groups in total. The van der Waals surface area contributed by atoms with Crippen molar-refractivity contribution in [2.24, 2.45) is 5.73 Å². The third-order valence-corrected chi connectivity index (χ3v) is 3.80. The second-order valence-corrected chi connectivity index (χ2v) is 5.68. The molecule has 0 aliphatic carbocycles. The second-order valence-electron chi connectivity index (χ2n) is 5.68. The minimum atomic E-state index is -0.604. The van der Waals surface area contributed by atoms with E-state index >= 15 is 0 Å². The molecule has 3 unspecified atom stereocenters. The van der Waals surface area contributed by atoms with Gasteiger partial charge in [0.15, 0.2) is 0 Å². The predicted octanol–water partition coefficient (Wildman–Crippen LogP) is 1.82. The average molecular weight is 252 g/mol. The Morgan fingerprint density at radius 3 is 2.72 bits per heavy atom. The predicted molar refractivity (Wildman–Crippen MR) is 71.3 cm³/mol. The van der Waals surface area contributed by atoms with Crippen LogP contribution in [-0.4, -0.2) is 34.7 Å². The maximum absolute atomic E-state index is 10.1. The second kappa shape index (κ2) is 5.03. The van der Waals surface area contributed by atoms with Crippen molar-refractivity contribution in [3.05, 3.63) is 23.7 Å². The summed E-state index contributed by atoms with van der Waals surface area (Å²) in [6, 6.07) is 4.07. The highest BCUT2D eigenvalue weighted by Crippen LogP contribution is 2.33. The van der Waals surface area contributed by atoms with Crippen molar-refractivity contribution >= 4 is 0 Å². The topological polar surface area (TPSA) is 62.6 Å². The zero-order valence-electron chi connectivity index (χ0n) is 11.5. The largest absolute Gasteiger partial charge is 0.465 e. The molecule has 1 aromatic rings. The van der Waals surface area contributed by atoms with E-state index in [0.717, 1.165) is 30.9 Å². The lowest BCUT2D eigenvalue weighted by atomic mass is 10.0. The highest BCUT2D eigenvalue weighted by molar-refractivity contribution is 5.13. The number of β-amino-alcohol motifs (C(OH)–C–C–N with tert-alkyl or cyclic N) is 1. The Hall–Kier alpha value is -0.840. The van der Waals surface area contributed by atoms with Crippen LogP contribution in [0.25, 0.3) is 0 Å². The lowest BCUT2D eigenvalue weighted by Crippen LogP contribution is -2.41. The van der Waals surface area contributed by atoms with Gasteiger partial charge in [0.1, 0.15) is 11.5 Å². The fraction of sp³-hybridized carbons (Fsp3) is 0.714. The molecule has 0 aromatic carbocycles. The summed E-state index contributed by atoms with van der Waals surface area (Å²) in [7, 11) is 0. The van der Waals surface area contributed by atoms with E-state index in [9.17, 15) is 5.11 Å². The zero-order valence-corrected chi connectivity index (χ0v) is 11.5. The molecule has 1 saturated heterocycles. The number of aliphatic hydroxyl groups is 1. The van der Waals surface area contributed by atoms with Crippen LogP contribution in [0.4, 0.5) is 0 Å². The molecule has 1 aliphatic heterocycles. The molecule has 3 atom stereocenters. The molecule has 18 heavy (non-hydrogen) atoms. The summed E-state index contributed by atoms with van der Waals surface area (Å²) in [5.74, 6) is 1.82. The Labute approximate surface area is 109 Å². The molecule has 0 radical (unpaired) electrons. The number of nitrogens with two attached hydrogens (primary N) is 1. The van der Waals surface area contributed by atoms with Gasteiger partial charge in [0.05, 0.1) is 11.6 Å². The first-order chi connectivity index (χ1) is 8.43. The van der Waals surface area contributed by atoms with E-state index in [1.54, 1.807) is 0 Å². The Morgan fingerprint density at radius 2 is 2.28 bits per heavy atom. The number of rotatable bonds is 4. The van der Waals surface area contributed by atoms with Gasteiger partial charge in [0, 0.05) is 19.1 Å². The van der Waals surface area contributed by atoms with E-state index < -0.39 is 5.60 Å². The highest BCUT2D eigenvalue weighted by Gasteiger charge is 2.38. The monoisotopic (exact) mass is 252 g/mol. The Bertz CT molecular complexity index is 400. The van der Waals surface area contributed by atoms with Gasteiger partial charge in [0.25, 0.3) is 0 Å². The lowest BCUT2D eigenvalue weighted by molar-refractivity contribution is 0.0567. The van der Waals surface area contributed by atoms with Gasteiger partial charge >= 0.3 is 0 Å². The van der Waals surface area contributed by atoms with Crippen LogP contribution in [0, 0.1) is 6.92 Å². The Morgan fingerprint density at radius 1 is 1.56 bits per heavy atom. The minimum absolute atomic E-state index is 0.0319. The standard InChI is InChI=1S/C14H24N2O2/c1-4-11(15)13(12-6-5-10(2)18-12)16-8-7-14(3,17)9-16/h5-6,11,13,17H,4,7-9,15H2,1-3H3. The van der Waals surface area contributed by atoms with Crippen LogP contribution in [0.2, 0.25) is 0 Å². The molecule has 4 nitrogen and oxygen atoms in total. The summed E-state index contributed by atoms with van der Waals surface area (Å²) < 4.78 is 5.75. The molecule has 0 spiro atoms. The molecule has 1 aliphatic rings. The van der Waals surface area contributed by atoms with Crippen LogP contribution >= 0.6 is 0 Å². The van der Waals surface area contributed by atoms with E-state index in [1.165, 1.54) is 0 Å². The summed E-state index contributed by atoms with van der Waals surface area (Å²) in [6.07, 6.45) is 1.68. The molecule has 2 rings (SSSR count). The number of likely N-dealkylation sites (tertiary alicyclic amines) is 1. The average Bonchev–Trinajstić information content (AvgIpc) is 2.86. The van der Waals surface area contributed by atoms with Gasteiger partial charge in [-0.3, -0.25) is 4.90 Å². The number of furan rings is 1. The molecule has 4 heteroatoms. The molecular weight excluding hydrogens is 228 g/mol. The van der Waals surface area contributed by atoms with E-state index in [0.29, 0.717) is 6.54 Å². The first-order valence-electron chi connectivity index (χ1n) is 6.71. The van der Waals surface area contributed by atoms with E-state index in [2.05, 4.69) is 11.8 Å². The number of aryl methyl sites for hydroxylation is 1. The molecule has 1 fully saturated rings. The van der Waals surface area contributed by atoms with E-state index in [1.807, 2.05) is 26.0 Å². The van der Waals surface area contributed by atoms with E-state index in [-0.39, 0.29) is 12.1 Å². The quantitative estimate of drug-likeness (QED) is 0.858. The van der Waals surface area contributed by atoms with Gasteiger partial charge in [0.2, 0.25) is 0 Å². The third-order valence-electron chi connectivity index (χ3n) is 3.80. The molecule has 0 bridgehead atoms. The van der Waals surface area contributed by atoms with Crippen molar-refractivity contribution in [2.75, 3.05) is 13.1 Å². The van der Waals surface area contributed by atoms with Crippen LogP contribution in [0.3, 0.4) is 0 Å². The van der Waals surface area contributed by atoms with E-state index in [4.69, 9.17) is 10.2 Å². The summed E-state index contributed by atoms with van der Waals surface area (Å²) in [5.41, 5.74) is 5.64. The maximum Gasteiger partial charge on any atom is 0.122 e. The van der Waals surface area contributed by atoms with Crippen molar-refractivity contribution in [3.63, 3.8) is 0 Å². The summed E-state index contributed by atoms with van der Waals surface area (Å²) in [4.78, 5) is 2.24. The molecule has 2 heterocycles. The Kier molecular flexibility index (Phi) is 3.80. The van der Waals surface area contributed by atoms with Gasteiger partial charge < -0.3 is 15.3 Å². The smallest absolute Gasteiger partial charge is 0.122 e. The first-order valence-corrected chi connectivity index (χ1v) is 6.71. The van der Waals surface area contributed by atoms with Crippen molar-refractivity contribution in [2.45, 2.75) is 51.3 Å². The fourth-order valence-electron chi connectivity index (χ4n) is 2.71. The zero-order chi connectivity index (χ0) is 13.3. The van der Waals surface area contributed by atoms with Crippen LogP contribution < -0.4 is 5.73 Å². The maximum atomic E-state index is 10.1. The molecule has 0 saturated carbocycles. The van der Waals surface area contributed by atoms with Crippen LogP contribution in [0.15, 0.2) is 16.5 Å². The van der Waals surface area contributed by atoms with Crippen molar-refractivity contribution in [1.82, 2.24) is 4.90 Å². The van der Waals surface area contributed by atoms with Crippen molar-refractivity contribution < 1.29 is 9.52 Å². The molecule has 0 amide bonds. The fourth-order valence-corrected chi connectivity index (χ4v) is 2.71. The van der Waals surface area contributed by atoms with Gasteiger partial charge in [-0.2, -0.15) is 0 Å². The number of hydrogen-bond acceptors (Lipinski definition) is 4. The third kappa shape index (κ3) is 2.76. The number of nitrogens with zero attached hydrogens (tertiary/aromatic N) is 1.